The number of hydrogen-bond donors (Lipinski definition) is 2. The Balaban J connectivity index is 1.81. The van der Waals surface area contributed by atoms with Crippen LogP contribution in [0.15, 0.2) is 60.7 Å². The predicted octanol–water partition coefficient (Wildman–Crippen LogP) is 5.25. The maximum absolute atomic E-state index is 12.5. The average Bonchev–Trinajstić information content (AvgIpc) is 2.85. The molecule has 0 fully saturated rings. The zero-order valence-electron chi connectivity index (χ0n) is 19.5. The molecule has 3 aromatic rings. The van der Waals surface area contributed by atoms with E-state index in [-0.39, 0.29) is 11.7 Å². The van der Waals surface area contributed by atoms with Crippen molar-refractivity contribution in [3.63, 3.8) is 0 Å². The largest absolute Gasteiger partial charge is 0.508 e. The van der Waals surface area contributed by atoms with Gasteiger partial charge in [-0.25, -0.2) is 0 Å². The summed E-state index contributed by atoms with van der Waals surface area (Å²) in [5, 5.41) is 12.4. The van der Waals surface area contributed by atoms with Gasteiger partial charge in [-0.3, -0.25) is 4.79 Å². The molecular weight excluding hydrogens is 434 g/mol. The van der Waals surface area contributed by atoms with Crippen LogP contribution in [0.2, 0.25) is 0 Å². The number of phenols is 1. The van der Waals surface area contributed by atoms with E-state index in [2.05, 4.69) is 5.32 Å². The third kappa shape index (κ3) is 6.10. The fourth-order valence-electron chi connectivity index (χ4n) is 3.29. The highest BCUT2D eigenvalue weighted by Gasteiger charge is 2.12. The van der Waals surface area contributed by atoms with Crippen molar-refractivity contribution in [3.05, 3.63) is 77.4 Å². The molecule has 0 bridgehead atoms. The molecule has 0 atom stereocenters. The molecule has 2 N–H and O–H groups in total. The van der Waals surface area contributed by atoms with Crippen LogP contribution in [0.4, 0.5) is 5.69 Å². The number of nitrogens with one attached hydrogen (secondary N) is 1. The minimum absolute atomic E-state index is 0.135. The van der Waals surface area contributed by atoms with Gasteiger partial charge in [-0.15, -0.1) is 0 Å². The zero-order valence-corrected chi connectivity index (χ0v) is 19.5. The van der Waals surface area contributed by atoms with Crippen LogP contribution in [0, 0.1) is 0 Å². The van der Waals surface area contributed by atoms with Gasteiger partial charge in [0.15, 0.2) is 11.5 Å². The second-order valence-electron chi connectivity index (χ2n) is 7.17. The first kappa shape index (κ1) is 24.3. The lowest BCUT2D eigenvalue weighted by atomic mass is 10.1. The summed E-state index contributed by atoms with van der Waals surface area (Å²) in [5.41, 5.74) is 2.94. The molecule has 0 heterocycles. The molecule has 0 aliphatic rings. The fourth-order valence-corrected chi connectivity index (χ4v) is 3.29. The van der Waals surface area contributed by atoms with Gasteiger partial charge in [-0.05, 0) is 59.2 Å². The van der Waals surface area contributed by atoms with Crippen molar-refractivity contribution in [2.24, 2.45) is 0 Å². The van der Waals surface area contributed by atoms with E-state index in [9.17, 15) is 9.90 Å². The van der Waals surface area contributed by atoms with Gasteiger partial charge >= 0.3 is 0 Å². The van der Waals surface area contributed by atoms with E-state index in [4.69, 9.17) is 18.9 Å². The average molecular weight is 462 g/mol. The number of aromatic hydroxyl groups is 1. The van der Waals surface area contributed by atoms with Crippen LogP contribution in [0.5, 0.6) is 28.7 Å². The molecule has 0 aromatic heterocycles. The standard InChI is InChI=1S/C27H27NO6/c1-31-23-12-10-19(8-9-20-16-24(32-2)27(34-4)25(17-20)33-3)15-22(23)28-26(30)13-11-18-6-5-7-21(29)14-18/h5-17,29H,1-4H3,(H,28,30)/b9-8?,13-11+. The number of carbonyl (C=O) groups excluding carboxylic acids is 1. The van der Waals surface area contributed by atoms with Crippen LogP contribution in [0.3, 0.4) is 0 Å². The van der Waals surface area contributed by atoms with Gasteiger partial charge in [0.05, 0.1) is 34.1 Å². The summed E-state index contributed by atoms with van der Waals surface area (Å²) >= 11 is 0. The molecule has 3 rings (SSSR count). The van der Waals surface area contributed by atoms with Crippen LogP contribution >= 0.6 is 0 Å². The van der Waals surface area contributed by atoms with Crippen LogP contribution in [0.1, 0.15) is 16.7 Å². The smallest absolute Gasteiger partial charge is 0.248 e. The first-order chi connectivity index (χ1) is 16.5. The minimum atomic E-state index is -0.326. The van der Waals surface area contributed by atoms with Gasteiger partial charge in [-0.1, -0.05) is 30.4 Å². The van der Waals surface area contributed by atoms with Gasteiger partial charge in [0.2, 0.25) is 11.7 Å². The van der Waals surface area contributed by atoms with Crippen LogP contribution < -0.4 is 24.3 Å². The fraction of sp³-hybridized carbons (Fsp3) is 0.148. The lowest BCUT2D eigenvalue weighted by Gasteiger charge is -2.13. The summed E-state index contributed by atoms with van der Waals surface area (Å²) in [4.78, 5) is 12.5. The molecule has 0 unspecified atom stereocenters. The normalized spacial score (nSPS) is 10.9. The Morgan fingerprint density at radius 2 is 1.38 bits per heavy atom. The first-order valence-electron chi connectivity index (χ1n) is 10.4. The van der Waals surface area contributed by atoms with E-state index >= 15 is 0 Å². The lowest BCUT2D eigenvalue weighted by Crippen LogP contribution is -2.09. The van der Waals surface area contributed by atoms with Gasteiger partial charge in [0.1, 0.15) is 11.5 Å². The zero-order chi connectivity index (χ0) is 24.5. The van der Waals surface area contributed by atoms with Crippen molar-refractivity contribution in [3.8, 4) is 28.7 Å². The lowest BCUT2D eigenvalue weighted by molar-refractivity contribution is -0.111. The summed E-state index contributed by atoms with van der Waals surface area (Å²) < 4.78 is 21.6. The molecule has 0 radical (unpaired) electrons. The number of ether oxygens (including phenoxy) is 4. The van der Waals surface area contributed by atoms with E-state index in [0.29, 0.717) is 34.2 Å². The molecule has 7 nitrogen and oxygen atoms in total. The van der Waals surface area contributed by atoms with Gasteiger partial charge < -0.3 is 29.4 Å². The van der Waals surface area contributed by atoms with Crippen LogP contribution in [0.25, 0.3) is 18.2 Å². The highest BCUT2D eigenvalue weighted by atomic mass is 16.5. The maximum Gasteiger partial charge on any atom is 0.248 e. The Bertz CT molecular complexity index is 1190. The van der Waals surface area contributed by atoms with Crippen LogP contribution in [-0.2, 0) is 4.79 Å². The molecule has 34 heavy (non-hydrogen) atoms. The Kier molecular flexibility index (Phi) is 8.18. The number of methoxy groups -OCH3 is 4. The third-order valence-electron chi connectivity index (χ3n) is 4.93. The molecule has 0 aliphatic carbocycles. The van der Waals surface area contributed by atoms with Crippen molar-refractivity contribution in [1.29, 1.82) is 0 Å². The van der Waals surface area contributed by atoms with E-state index in [1.807, 2.05) is 36.4 Å². The highest BCUT2D eigenvalue weighted by molar-refractivity contribution is 6.03. The van der Waals surface area contributed by atoms with Crippen molar-refractivity contribution < 1.29 is 28.8 Å². The molecule has 0 saturated carbocycles. The quantitative estimate of drug-likeness (QED) is 0.334. The van der Waals surface area contributed by atoms with E-state index in [0.717, 1.165) is 11.1 Å². The van der Waals surface area contributed by atoms with Gasteiger partial charge in [-0.2, -0.15) is 0 Å². The molecule has 0 saturated heterocycles. The number of anilines is 1. The predicted molar refractivity (Wildman–Crippen MR) is 134 cm³/mol. The number of amides is 1. The molecule has 7 heteroatoms. The van der Waals surface area contributed by atoms with E-state index in [1.54, 1.807) is 64.8 Å². The Labute approximate surface area is 198 Å². The van der Waals surface area contributed by atoms with Crippen LogP contribution in [-0.4, -0.2) is 39.5 Å². The Morgan fingerprint density at radius 1 is 0.735 bits per heavy atom. The van der Waals surface area contributed by atoms with Crippen molar-refractivity contribution in [2.45, 2.75) is 0 Å². The number of carbonyl (C=O) groups is 1. The van der Waals surface area contributed by atoms with Crippen molar-refractivity contribution in [2.75, 3.05) is 33.8 Å². The van der Waals surface area contributed by atoms with E-state index in [1.165, 1.54) is 6.08 Å². The SMILES string of the molecule is COc1ccc(C=Cc2cc(OC)c(OC)c(OC)c2)cc1NC(=O)/C=C/c1cccc(O)c1. The number of rotatable bonds is 9. The Morgan fingerprint density at radius 3 is 2.00 bits per heavy atom. The topological polar surface area (TPSA) is 86.3 Å². The van der Waals surface area contributed by atoms with Crippen molar-refractivity contribution >= 4 is 29.8 Å². The summed E-state index contributed by atoms with van der Waals surface area (Å²) in [7, 11) is 6.23. The second kappa shape index (κ2) is 11.5. The highest BCUT2D eigenvalue weighted by Crippen LogP contribution is 2.38. The molecule has 1 amide bonds. The maximum atomic E-state index is 12.5. The monoisotopic (exact) mass is 461 g/mol. The van der Waals surface area contributed by atoms with Gasteiger partial charge in [0.25, 0.3) is 0 Å². The molecule has 3 aromatic carbocycles. The molecule has 0 aliphatic heterocycles. The number of phenolic OH excluding ortho intramolecular Hbond substituents is 1. The number of benzene rings is 3. The Hall–Kier alpha value is -4.39. The van der Waals surface area contributed by atoms with Crippen molar-refractivity contribution in [1.82, 2.24) is 0 Å². The summed E-state index contributed by atoms with van der Waals surface area (Å²) in [6.45, 7) is 0. The first-order valence-corrected chi connectivity index (χ1v) is 10.4. The molecule has 176 valence electrons. The molecular formula is C27H27NO6. The minimum Gasteiger partial charge on any atom is -0.508 e. The second-order valence-corrected chi connectivity index (χ2v) is 7.17. The van der Waals surface area contributed by atoms with Gasteiger partial charge in [0, 0.05) is 6.08 Å². The summed E-state index contributed by atoms with van der Waals surface area (Å²) in [6, 6.07) is 15.8. The summed E-state index contributed by atoms with van der Waals surface area (Å²) in [6.07, 6.45) is 6.82. The summed E-state index contributed by atoms with van der Waals surface area (Å²) in [5.74, 6) is 1.98. The molecule has 0 spiro atoms. The third-order valence-corrected chi connectivity index (χ3v) is 4.93. The van der Waals surface area contributed by atoms with E-state index < -0.39 is 0 Å². The number of hydrogen-bond acceptors (Lipinski definition) is 6.